The monoisotopic (exact) mass is 273 g/mol. The maximum Gasteiger partial charge on any atom is 0.251 e. The van der Waals surface area contributed by atoms with Crippen molar-refractivity contribution in [3.8, 4) is 6.07 Å². The van der Waals surface area contributed by atoms with Crippen molar-refractivity contribution in [2.24, 2.45) is 0 Å². The van der Waals surface area contributed by atoms with Gasteiger partial charge >= 0.3 is 0 Å². The number of anilines is 2. The first-order valence-electron chi connectivity index (χ1n) is 4.73. The highest BCUT2D eigenvalue weighted by molar-refractivity contribution is 7.93. The van der Waals surface area contributed by atoms with E-state index >= 15 is 0 Å². The second kappa shape index (κ2) is 4.82. The van der Waals surface area contributed by atoms with Crippen LogP contribution in [0, 0.1) is 11.3 Å². The van der Waals surface area contributed by atoms with E-state index in [1.54, 1.807) is 12.1 Å². The molecule has 92 valence electrons. The molecule has 17 heavy (non-hydrogen) atoms. The van der Waals surface area contributed by atoms with E-state index in [0.717, 1.165) is 4.31 Å². The van der Waals surface area contributed by atoms with Crippen molar-refractivity contribution in [3.05, 3.63) is 23.2 Å². The van der Waals surface area contributed by atoms with Gasteiger partial charge in [0.25, 0.3) is 10.0 Å². The van der Waals surface area contributed by atoms with Crippen LogP contribution in [0.25, 0.3) is 0 Å². The molecule has 5 nitrogen and oxygen atoms in total. The summed E-state index contributed by atoms with van der Waals surface area (Å²) in [6.45, 7) is 1.31. The Balaban J connectivity index is 3.27. The largest absolute Gasteiger partial charge is 0.397 e. The van der Waals surface area contributed by atoms with Crippen LogP contribution >= 0.6 is 11.6 Å². The molecule has 7 heteroatoms. The van der Waals surface area contributed by atoms with Crippen molar-refractivity contribution < 1.29 is 8.42 Å². The molecular formula is C10H12ClN3O2S. The molecule has 1 unspecified atom stereocenters. The number of nitrogen functional groups attached to an aromatic ring is 1. The van der Waals surface area contributed by atoms with Gasteiger partial charge in [0.1, 0.15) is 0 Å². The molecule has 0 aromatic heterocycles. The normalized spacial score (nSPS) is 12.8. The highest BCUT2D eigenvalue weighted by atomic mass is 35.5. The minimum absolute atomic E-state index is 0.264. The minimum atomic E-state index is -3.75. The van der Waals surface area contributed by atoms with Gasteiger partial charge in [-0.15, -0.1) is 0 Å². The van der Waals surface area contributed by atoms with Crippen LogP contribution < -0.4 is 10.0 Å². The Bertz CT molecular complexity index is 565. The summed E-state index contributed by atoms with van der Waals surface area (Å²) in [4.78, 5) is 0. The van der Waals surface area contributed by atoms with E-state index in [0.29, 0.717) is 5.02 Å². The summed E-state index contributed by atoms with van der Waals surface area (Å²) in [6.07, 6.45) is 0. The van der Waals surface area contributed by atoms with E-state index in [-0.39, 0.29) is 11.4 Å². The van der Waals surface area contributed by atoms with Crippen molar-refractivity contribution >= 4 is 33.0 Å². The molecule has 0 aliphatic rings. The lowest BCUT2D eigenvalue weighted by Gasteiger charge is -2.22. The van der Waals surface area contributed by atoms with Gasteiger partial charge in [0.15, 0.2) is 5.25 Å². The molecule has 2 N–H and O–H groups in total. The third kappa shape index (κ3) is 2.62. The summed E-state index contributed by atoms with van der Waals surface area (Å²) in [7, 11) is -2.41. The zero-order valence-electron chi connectivity index (χ0n) is 9.38. The van der Waals surface area contributed by atoms with Crippen molar-refractivity contribution in [1.29, 1.82) is 5.26 Å². The Kier molecular flexibility index (Phi) is 3.86. The van der Waals surface area contributed by atoms with Gasteiger partial charge < -0.3 is 5.73 Å². The van der Waals surface area contributed by atoms with Gasteiger partial charge in [-0.25, -0.2) is 8.42 Å². The number of halogens is 1. The average Bonchev–Trinajstić information content (AvgIpc) is 2.30. The number of nitrogens with zero attached hydrogens (tertiary/aromatic N) is 2. The van der Waals surface area contributed by atoms with E-state index in [2.05, 4.69) is 0 Å². The topological polar surface area (TPSA) is 87.2 Å². The number of sulfonamides is 1. The Morgan fingerprint density at radius 3 is 2.65 bits per heavy atom. The second-order valence-corrected chi connectivity index (χ2v) is 6.21. The first kappa shape index (κ1) is 13.6. The predicted octanol–water partition coefficient (Wildman–Crippen LogP) is 1.60. The molecule has 0 radical (unpaired) electrons. The van der Waals surface area contributed by atoms with Crippen molar-refractivity contribution in [3.63, 3.8) is 0 Å². The van der Waals surface area contributed by atoms with Crippen molar-refractivity contribution in [1.82, 2.24) is 0 Å². The summed E-state index contributed by atoms with van der Waals surface area (Å²) in [5.41, 5.74) is 6.23. The summed E-state index contributed by atoms with van der Waals surface area (Å²) in [6, 6.07) is 6.21. The quantitative estimate of drug-likeness (QED) is 0.848. The van der Waals surface area contributed by atoms with Crippen LogP contribution in [-0.4, -0.2) is 20.7 Å². The number of benzene rings is 1. The molecule has 0 amide bonds. The fourth-order valence-corrected chi connectivity index (χ4v) is 2.44. The number of hydrogen-bond acceptors (Lipinski definition) is 4. The van der Waals surface area contributed by atoms with Gasteiger partial charge in [0, 0.05) is 12.1 Å². The van der Waals surface area contributed by atoms with Gasteiger partial charge in [-0.3, -0.25) is 4.31 Å². The van der Waals surface area contributed by atoms with Gasteiger partial charge in [-0.05, 0) is 25.1 Å². The molecular weight excluding hydrogens is 262 g/mol. The summed E-state index contributed by atoms with van der Waals surface area (Å²) in [5.74, 6) is 0. The molecule has 1 aromatic rings. The van der Waals surface area contributed by atoms with Crippen molar-refractivity contribution in [2.75, 3.05) is 17.1 Å². The lowest BCUT2D eigenvalue weighted by molar-refractivity contribution is 0.590. The van der Waals surface area contributed by atoms with Crippen LogP contribution in [0.1, 0.15) is 6.92 Å². The molecule has 1 rings (SSSR count). The third-order valence-corrected chi connectivity index (χ3v) is 4.54. The van der Waals surface area contributed by atoms with Crippen molar-refractivity contribution in [2.45, 2.75) is 12.2 Å². The lowest BCUT2D eigenvalue weighted by atomic mass is 10.3. The van der Waals surface area contributed by atoms with Crippen LogP contribution in [0.4, 0.5) is 11.4 Å². The molecule has 0 saturated heterocycles. The molecule has 0 aliphatic carbocycles. The van der Waals surface area contributed by atoms with Gasteiger partial charge in [-0.2, -0.15) is 5.26 Å². The smallest absolute Gasteiger partial charge is 0.251 e. The van der Waals surface area contributed by atoms with Crippen LogP contribution in [0.3, 0.4) is 0 Å². The van der Waals surface area contributed by atoms with E-state index in [1.165, 1.54) is 26.1 Å². The Hall–Kier alpha value is -1.45. The Morgan fingerprint density at radius 1 is 1.53 bits per heavy atom. The van der Waals surface area contributed by atoms with Gasteiger partial charge in [0.05, 0.1) is 17.4 Å². The minimum Gasteiger partial charge on any atom is -0.397 e. The summed E-state index contributed by atoms with van der Waals surface area (Å²) < 4.78 is 24.8. The first-order chi connectivity index (χ1) is 7.80. The first-order valence-corrected chi connectivity index (χ1v) is 6.61. The highest BCUT2D eigenvalue weighted by Crippen LogP contribution is 2.28. The molecule has 0 fully saturated rings. The zero-order chi connectivity index (χ0) is 13.2. The highest BCUT2D eigenvalue weighted by Gasteiger charge is 2.27. The molecule has 0 bridgehead atoms. The van der Waals surface area contributed by atoms with Gasteiger partial charge in [0.2, 0.25) is 0 Å². The number of nitriles is 1. The van der Waals surface area contributed by atoms with E-state index in [9.17, 15) is 8.42 Å². The van der Waals surface area contributed by atoms with Gasteiger partial charge in [-0.1, -0.05) is 11.6 Å². The molecule has 0 saturated carbocycles. The van der Waals surface area contributed by atoms with Crippen LogP contribution in [0.5, 0.6) is 0 Å². The second-order valence-electron chi connectivity index (χ2n) is 3.49. The third-order valence-electron chi connectivity index (χ3n) is 2.34. The molecule has 0 aliphatic heterocycles. The average molecular weight is 274 g/mol. The predicted molar refractivity (Wildman–Crippen MR) is 68.3 cm³/mol. The summed E-state index contributed by atoms with van der Waals surface area (Å²) in [5, 5.41) is 7.91. The van der Waals surface area contributed by atoms with Crippen LogP contribution in [0.2, 0.25) is 5.02 Å². The number of nitrogens with two attached hydrogens (primary N) is 1. The van der Waals surface area contributed by atoms with E-state index in [4.69, 9.17) is 22.6 Å². The molecule has 1 atom stereocenters. The maximum atomic E-state index is 11.9. The summed E-state index contributed by atoms with van der Waals surface area (Å²) >= 11 is 5.78. The van der Waals surface area contributed by atoms with Crippen LogP contribution in [0.15, 0.2) is 18.2 Å². The molecule has 1 aromatic carbocycles. The lowest BCUT2D eigenvalue weighted by Crippen LogP contribution is -2.34. The van der Waals surface area contributed by atoms with Crippen LogP contribution in [-0.2, 0) is 10.0 Å². The molecule has 0 heterocycles. The molecule has 0 spiro atoms. The maximum absolute atomic E-state index is 11.9. The fraction of sp³-hybridized carbons (Fsp3) is 0.300. The Morgan fingerprint density at radius 2 is 2.12 bits per heavy atom. The zero-order valence-corrected chi connectivity index (χ0v) is 11.0. The van der Waals surface area contributed by atoms with E-state index in [1.807, 2.05) is 0 Å². The Labute approximate surface area is 105 Å². The SMILES string of the molecule is CC(C#N)S(=O)(=O)N(C)c1cc(Cl)ccc1N. The van der Waals surface area contributed by atoms with E-state index < -0.39 is 15.3 Å². The fourth-order valence-electron chi connectivity index (χ4n) is 1.23. The number of hydrogen-bond donors (Lipinski definition) is 1. The number of rotatable bonds is 3. The standard InChI is InChI=1S/C10H12ClN3O2S/c1-7(6-12)17(15,16)14(2)10-5-8(11)3-4-9(10)13/h3-5,7H,13H2,1-2H3.